The number of aromatic nitrogens is 1. The standard InChI is InChI=1S/C22H20N4O2S/c1-2-26-18-12-16(25-22(28)24-14-15-6-5-11-23-13-15)9-10-20(18)29-19-8-4-3-7-17(19)21(26)27/h3-13H,2,14H2,1H3,(H2,24,25,28). The van der Waals surface area contributed by atoms with Crippen molar-refractivity contribution >= 4 is 35.1 Å². The minimum Gasteiger partial charge on any atom is -0.334 e. The van der Waals surface area contributed by atoms with Gasteiger partial charge in [0, 0.05) is 41.0 Å². The molecule has 1 aliphatic rings. The molecule has 146 valence electrons. The van der Waals surface area contributed by atoms with E-state index in [4.69, 9.17) is 0 Å². The highest BCUT2D eigenvalue weighted by molar-refractivity contribution is 7.99. The van der Waals surface area contributed by atoms with Crippen molar-refractivity contribution in [2.75, 3.05) is 16.8 Å². The number of urea groups is 1. The van der Waals surface area contributed by atoms with E-state index in [9.17, 15) is 9.59 Å². The number of benzene rings is 2. The number of anilines is 2. The van der Waals surface area contributed by atoms with Crippen LogP contribution in [0.15, 0.2) is 76.8 Å². The summed E-state index contributed by atoms with van der Waals surface area (Å²) in [6, 6.07) is 16.7. The van der Waals surface area contributed by atoms with Crippen LogP contribution in [-0.4, -0.2) is 23.5 Å². The van der Waals surface area contributed by atoms with Crippen molar-refractivity contribution in [3.63, 3.8) is 0 Å². The smallest absolute Gasteiger partial charge is 0.319 e. The molecule has 29 heavy (non-hydrogen) atoms. The van der Waals surface area contributed by atoms with Crippen molar-refractivity contribution in [2.45, 2.75) is 23.3 Å². The topological polar surface area (TPSA) is 74.3 Å². The van der Waals surface area contributed by atoms with Crippen LogP contribution in [0.25, 0.3) is 0 Å². The third-order valence-corrected chi connectivity index (χ3v) is 5.72. The van der Waals surface area contributed by atoms with E-state index in [0.717, 1.165) is 21.0 Å². The first-order valence-electron chi connectivity index (χ1n) is 9.32. The molecule has 0 aliphatic carbocycles. The Bertz CT molecular complexity index is 1060. The second kappa shape index (κ2) is 8.36. The number of pyridine rings is 1. The predicted molar refractivity (Wildman–Crippen MR) is 114 cm³/mol. The first-order valence-corrected chi connectivity index (χ1v) is 10.1. The van der Waals surface area contributed by atoms with Gasteiger partial charge in [0.2, 0.25) is 0 Å². The minimum absolute atomic E-state index is 0.0347. The fourth-order valence-corrected chi connectivity index (χ4v) is 4.23. The summed E-state index contributed by atoms with van der Waals surface area (Å²) in [6.45, 7) is 2.87. The Balaban J connectivity index is 1.54. The van der Waals surface area contributed by atoms with E-state index >= 15 is 0 Å². The van der Waals surface area contributed by atoms with E-state index in [1.165, 1.54) is 0 Å². The molecule has 0 unspecified atom stereocenters. The van der Waals surface area contributed by atoms with Crippen LogP contribution in [0.1, 0.15) is 22.8 Å². The maximum Gasteiger partial charge on any atom is 0.319 e. The summed E-state index contributed by atoms with van der Waals surface area (Å²) in [4.78, 5) is 33.0. The van der Waals surface area contributed by atoms with Crippen LogP contribution in [0.2, 0.25) is 0 Å². The van der Waals surface area contributed by atoms with Gasteiger partial charge in [-0.25, -0.2) is 4.79 Å². The lowest BCUT2D eigenvalue weighted by molar-refractivity contribution is 0.0985. The maximum atomic E-state index is 13.0. The Hall–Kier alpha value is -3.32. The monoisotopic (exact) mass is 404 g/mol. The van der Waals surface area contributed by atoms with E-state index in [0.29, 0.717) is 24.3 Å². The molecule has 3 aromatic rings. The second-order valence-electron chi connectivity index (χ2n) is 6.50. The molecule has 0 atom stereocenters. The minimum atomic E-state index is -0.312. The maximum absolute atomic E-state index is 13.0. The number of rotatable bonds is 4. The number of hydrogen-bond acceptors (Lipinski definition) is 4. The molecule has 3 amide bonds. The summed E-state index contributed by atoms with van der Waals surface area (Å²) in [5, 5.41) is 5.66. The normalized spacial score (nSPS) is 12.6. The molecule has 0 radical (unpaired) electrons. The lowest BCUT2D eigenvalue weighted by atomic mass is 10.1. The van der Waals surface area contributed by atoms with E-state index in [1.54, 1.807) is 29.1 Å². The van der Waals surface area contributed by atoms with E-state index < -0.39 is 0 Å². The van der Waals surface area contributed by atoms with Crippen molar-refractivity contribution in [3.05, 3.63) is 78.1 Å². The SMILES string of the molecule is CCN1C(=O)c2ccccc2Sc2ccc(NC(=O)NCc3cccnc3)cc21. The fraction of sp³-hybridized carbons (Fsp3) is 0.136. The first-order chi connectivity index (χ1) is 14.2. The number of amides is 3. The van der Waals surface area contributed by atoms with Gasteiger partial charge in [0.05, 0.1) is 11.3 Å². The largest absolute Gasteiger partial charge is 0.334 e. The Kier molecular flexibility index (Phi) is 5.48. The molecule has 0 spiro atoms. The molecule has 1 aromatic heterocycles. The zero-order valence-corrected chi connectivity index (χ0v) is 16.7. The Morgan fingerprint density at radius 3 is 2.76 bits per heavy atom. The van der Waals surface area contributed by atoms with Crippen LogP contribution in [0, 0.1) is 0 Å². The molecular formula is C22H20N4O2S. The van der Waals surface area contributed by atoms with E-state index in [-0.39, 0.29) is 11.9 Å². The Labute approximate surface area is 173 Å². The van der Waals surface area contributed by atoms with Gasteiger partial charge in [-0.3, -0.25) is 9.78 Å². The van der Waals surface area contributed by atoms with Gasteiger partial charge in [0.15, 0.2) is 0 Å². The molecule has 2 aromatic carbocycles. The highest BCUT2D eigenvalue weighted by Crippen LogP contribution is 2.42. The lowest BCUT2D eigenvalue weighted by Gasteiger charge is -2.22. The van der Waals surface area contributed by atoms with Crippen molar-refractivity contribution in [3.8, 4) is 0 Å². The molecule has 1 aliphatic heterocycles. The zero-order chi connectivity index (χ0) is 20.2. The molecule has 7 heteroatoms. The van der Waals surface area contributed by atoms with Gasteiger partial charge in [-0.2, -0.15) is 0 Å². The summed E-state index contributed by atoms with van der Waals surface area (Å²) in [5.41, 5.74) is 3.04. The summed E-state index contributed by atoms with van der Waals surface area (Å²) >= 11 is 1.56. The molecule has 2 N–H and O–H groups in total. The van der Waals surface area contributed by atoms with Gasteiger partial charge >= 0.3 is 6.03 Å². The van der Waals surface area contributed by atoms with E-state index in [1.807, 2.05) is 61.5 Å². The molecule has 0 fully saturated rings. The lowest BCUT2D eigenvalue weighted by Crippen LogP contribution is -2.31. The van der Waals surface area contributed by atoms with Crippen molar-refractivity contribution in [1.29, 1.82) is 0 Å². The molecule has 0 saturated heterocycles. The van der Waals surface area contributed by atoms with Crippen LogP contribution in [0.4, 0.5) is 16.2 Å². The first kappa shape index (κ1) is 19.0. The van der Waals surface area contributed by atoms with Gasteiger partial charge < -0.3 is 15.5 Å². The average Bonchev–Trinajstić information content (AvgIpc) is 2.86. The highest BCUT2D eigenvalue weighted by atomic mass is 32.2. The quantitative estimate of drug-likeness (QED) is 0.670. The summed E-state index contributed by atoms with van der Waals surface area (Å²) in [7, 11) is 0. The number of nitrogens with zero attached hydrogens (tertiary/aromatic N) is 2. The van der Waals surface area contributed by atoms with Gasteiger partial charge in [-0.1, -0.05) is 30.0 Å². The Morgan fingerprint density at radius 2 is 1.97 bits per heavy atom. The number of fused-ring (bicyclic) bond motifs is 2. The van der Waals surface area contributed by atoms with E-state index in [2.05, 4.69) is 15.6 Å². The van der Waals surface area contributed by atoms with Gasteiger partial charge in [-0.15, -0.1) is 0 Å². The van der Waals surface area contributed by atoms with Crippen molar-refractivity contribution in [1.82, 2.24) is 10.3 Å². The predicted octanol–water partition coefficient (Wildman–Crippen LogP) is 4.53. The van der Waals surface area contributed by atoms with Crippen LogP contribution < -0.4 is 15.5 Å². The van der Waals surface area contributed by atoms with Gasteiger partial charge in [0.1, 0.15) is 0 Å². The van der Waals surface area contributed by atoms with Gasteiger partial charge in [0.25, 0.3) is 5.91 Å². The molecule has 0 saturated carbocycles. The van der Waals surface area contributed by atoms with Crippen LogP contribution in [0.3, 0.4) is 0 Å². The average molecular weight is 404 g/mol. The molecule has 2 heterocycles. The zero-order valence-electron chi connectivity index (χ0n) is 15.9. The molecule has 4 rings (SSSR count). The highest BCUT2D eigenvalue weighted by Gasteiger charge is 2.26. The van der Waals surface area contributed by atoms with Crippen LogP contribution >= 0.6 is 11.8 Å². The molecular weight excluding hydrogens is 384 g/mol. The summed E-state index contributed by atoms with van der Waals surface area (Å²) in [6.07, 6.45) is 3.40. The fourth-order valence-electron chi connectivity index (χ4n) is 3.17. The molecule has 6 nitrogen and oxygen atoms in total. The second-order valence-corrected chi connectivity index (χ2v) is 7.58. The third-order valence-electron chi connectivity index (χ3n) is 4.58. The number of hydrogen-bond donors (Lipinski definition) is 2. The third kappa shape index (κ3) is 4.09. The number of carbonyl (C=O) groups is 2. The van der Waals surface area contributed by atoms with Crippen molar-refractivity contribution < 1.29 is 9.59 Å². The molecule has 0 bridgehead atoms. The van der Waals surface area contributed by atoms with Crippen molar-refractivity contribution in [2.24, 2.45) is 0 Å². The summed E-state index contributed by atoms with van der Waals surface area (Å²) in [5.74, 6) is -0.0347. The summed E-state index contributed by atoms with van der Waals surface area (Å²) < 4.78 is 0. The Morgan fingerprint density at radius 1 is 1.10 bits per heavy atom. The van der Waals surface area contributed by atoms with Crippen LogP contribution in [0.5, 0.6) is 0 Å². The van der Waals surface area contributed by atoms with Gasteiger partial charge in [-0.05, 0) is 48.9 Å². The number of nitrogens with one attached hydrogen (secondary N) is 2. The number of carbonyl (C=O) groups excluding carboxylic acids is 2. The van der Waals surface area contributed by atoms with Crippen LogP contribution in [-0.2, 0) is 6.54 Å².